The van der Waals surface area contributed by atoms with Crippen LogP contribution in [0.2, 0.25) is 0 Å². The number of halogens is 4. The van der Waals surface area contributed by atoms with Gasteiger partial charge in [-0.05, 0) is 24.6 Å². The molecule has 0 aliphatic carbocycles. The van der Waals surface area contributed by atoms with Gasteiger partial charge in [-0.2, -0.15) is 17.6 Å². The molecule has 10 heteroatoms. The summed E-state index contributed by atoms with van der Waals surface area (Å²) in [7, 11) is 1.45. The largest absolute Gasteiger partial charge is 0.435 e. The van der Waals surface area contributed by atoms with Crippen molar-refractivity contribution >= 4 is 6.03 Å². The van der Waals surface area contributed by atoms with Gasteiger partial charge in [0, 0.05) is 19.4 Å². The Bertz CT molecular complexity index is 721. The molecule has 0 saturated heterocycles. The Hall–Kier alpha value is -2.78. The van der Waals surface area contributed by atoms with Crippen molar-refractivity contribution < 1.29 is 27.1 Å². The molecule has 2 amide bonds. The molecule has 142 valence electrons. The minimum atomic E-state index is -2.91. The topological polar surface area (TPSA) is 59.4 Å². The fourth-order valence-electron chi connectivity index (χ4n) is 2.24. The first-order chi connectivity index (χ1) is 12.3. The van der Waals surface area contributed by atoms with Gasteiger partial charge >= 0.3 is 19.2 Å². The molecule has 1 atom stereocenters. The SMILES string of the molecule is CC(NC(=O)N(C)Cc1nccn1C(F)F)c1ccc(OC(F)F)cc1. The van der Waals surface area contributed by atoms with Gasteiger partial charge in [0.2, 0.25) is 0 Å². The standard InChI is InChI=1S/C16H18F4N4O2/c1-10(11-3-5-12(6-4-11)26-15(19)20)22-16(25)23(2)9-13-21-7-8-24(13)14(17)18/h3-8,10,14-15H,9H2,1-2H3,(H,22,25). The molecule has 1 N–H and O–H groups in total. The highest BCUT2D eigenvalue weighted by Crippen LogP contribution is 2.19. The van der Waals surface area contributed by atoms with Crippen LogP contribution >= 0.6 is 0 Å². The van der Waals surface area contributed by atoms with Crippen LogP contribution in [0.1, 0.15) is 30.9 Å². The molecule has 0 saturated carbocycles. The summed E-state index contributed by atoms with van der Waals surface area (Å²) in [4.78, 5) is 17.2. The Balaban J connectivity index is 1.94. The minimum absolute atomic E-state index is 0.0122. The summed E-state index contributed by atoms with van der Waals surface area (Å²) in [6.45, 7) is -4.05. The van der Waals surface area contributed by atoms with E-state index in [1.165, 1.54) is 30.3 Å². The van der Waals surface area contributed by atoms with Gasteiger partial charge < -0.3 is 15.0 Å². The lowest BCUT2D eigenvalue weighted by Gasteiger charge is -2.22. The smallest absolute Gasteiger partial charge is 0.387 e. The molecule has 2 rings (SSSR count). The number of rotatable bonds is 7. The van der Waals surface area contributed by atoms with E-state index in [2.05, 4.69) is 15.0 Å². The minimum Gasteiger partial charge on any atom is -0.435 e. The molecule has 0 radical (unpaired) electrons. The van der Waals surface area contributed by atoms with Crippen molar-refractivity contribution in [1.29, 1.82) is 0 Å². The van der Waals surface area contributed by atoms with Gasteiger partial charge in [0.15, 0.2) is 0 Å². The summed E-state index contributed by atoms with van der Waals surface area (Å²) in [5, 5.41) is 2.69. The van der Waals surface area contributed by atoms with Crippen molar-refractivity contribution in [2.75, 3.05) is 7.05 Å². The number of urea groups is 1. The predicted molar refractivity (Wildman–Crippen MR) is 85.0 cm³/mol. The van der Waals surface area contributed by atoms with Crippen LogP contribution in [0.25, 0.3) is 0 Å². The molecule has 0 aliphatic rings. The van der Waals surface area contributed by atoms with E-state index in [4.69, 9.17) is 0 Å². The second kappa shape index (κ2) is 8.54. The third-order valence-corrected chi connectivity index (χ3v) is 3.63. The fourth-order valence-corrected chi connectivity index (χ4v) is 2.24. The van der Waals surface area contributed by atoms with Crippen LogP contribution in [0, 0.1) is 0 Å². The summed E-state index contributed by atoms with van der Waals surface area (Å²) in [5.74, 6) is 0.0667. The number of nitrogens with one attached hydrogen (secondary N) is 1. The lowest BCUT2D eigenvalue weighted by molar-refractivity contribution is -0.0498. The van der Waals surface area contributed by atoms with Gasteiger partial charge in [-0.15, -0.1) is 0 Å². The maximum atomic E-state index is 12.8. The summed E-state index contributed by atoms with van der Waals surface area (Å²) < 4.78 is 54.8. The third kappa shape index (κ3) is 5.11. The van der Waals surface area contributed by atoms with Crippen molar-refractivity contribution in [3.05, 3.63) is 48.0 Å². The van der Waals surface area contributed by atoms with Gasteiger partial charge in [0.25, 0.3) is 0 Å². The van der Waals surface area contributed by atoms with Crippen LogP contribution in [0.3, 0.4) is 0 Å². The van der Waals surface area contributed by atoms with E-state index in [0.717, 1.165) is 6.20 Å². The zero-order chi connectivity index (χ0) is 19.3. The number of benzene rings is 1. The van der Waals surface area contributed by atoms with Crippen molar-refractivity contribution in [3.8, 4) is 5.75 Å². The van der Waals surface area contributed by atoms with Crippen molar-refractivity contribution in [2.45, 2.75) is 32.7 Å². The van der Waals surface area contributed by atoms with Crippen molar-refractivity contribution in [1.82, 2.24) is 19.8 Å². The van der Waals surface area contributed by atoms with E-state index in [0.29, 0.717) is 10.1 Å². The molecule has 1 aromatic heterocycles. The van der Waals surface area contributed by atoms with Crippen LogP contribution in [-0.4, -0.2) is 34.1 Å². The Kier molecular flexibility index (Phi) is 6.42. The highest BCUT2D eigenvalue weighted by atomic mass is 19.3. The summed E-state index contributed by atoms with van der Waals surface area (Å²) in [6.07, 6.45) is 2.37. The number of imidazole rings is 1. The highest BCUT2D eigenvalue weighted by Gasteiger charge is 2.18. The lowest BCUT2D eigenvalue weighted by Crippen LogP contribution is -2.38. The highest BCUT2D eigenvalue weighted by molar-refractivity contribution is 5.74. The molecule has 0 aliphatic heterocycles. The lowest BCUT2D eigenvalue weighted by atomic mass is 10.1. The van der Waals surface area contributed by atoms with Crippen LogP contribution in [0.4, 0.5) is 22.4 Å². The number of nitrogens with zero attached hydrogens (tertiary/aromatic N) is 3. The van der Waals surface area contributed by atoms with E-state index in [-0.39, 0.29) is 18.1 Å². The Morgan fingerprint density at radius 2 is 1.92 bits per heavy atom. The summed E-state index contributed by atoms with van der Waals surface area (Å²) in [6, 6.07) is 4.91. The Morgan fingerprint density at radius 3 is 2.50 bits per heavy atom. The molecule has 0 spiro atoms. The second-order valence-corrected chi connectivity index (χ2v) is 5.50. The molecule has 1 heterocycles. The molecule has 0 bridgehead atoms. The first kappa shape index (κ1) is 19.5. The van der Waals surface area contributed by atoms with Crippen LogP contribution in [0.15, 0.2) is 36.7 Å². The number of carbonyl (C=O) groups excluding carboxylic acids is 1. The van der Waals surface area contributed by atoms with Gasteiger partial charge in [-0.25, -0.2) is 9.78 Å². The molecule has 0 fully saturated rings. The molecule has 26 heavy (non-hydrogen) atoms. The van der Waals surface area contributed by atoms with Crippen LogP contribution < -0.4 is 10.1 Å². The zero-order valence-corrected chi connectivity index (χ0v) is 14.1. The predicted octanol–water partition coefficient (Wildman–Crippen LogP) is 3.78. The number of aromatic nitrogens is 2. The van der Waals surface area contributed by atoms with E-state index >= 15 is 0 Å². The maximum Gasteiger partial charge on any atom is 0.387 e. The molecular formula is C16H18F4N4O2. The average Bonchev–Trinajstić information content (AvgIpc) is 3.03. The molecule has 2 aromatic rings. The summed E-state index contributed by atoms with van der Waals surface area (Å²) >= 11 is 0. The molecule has 1 unspecified atom stereocenters. The number of hydrogen-bond acceptors (Lipinski definition) is 3. The number of alkyl halides is 4. The van der Waals surface area contributed by atoms with Crippen LogP contribution in [-0.2, 0) is 6.54 Å². The van der Waals surface area contributed by atoms with E-state index in [9.17, 15) is 22.4 Å². The zero-order valence-electron chi connectivity index (χ0n) is 14.1. The fraction of sp³-hybridized carbons (Fsp3) is 0.375. The average molecular weight is 374 g/mol. The first-order valence-corrected chi connectivity index (χ1v) is 7.64. The second-order valence-electron chi connectivity index (χ2n) is 5.50. The number of hydrogen-bond donors (Lipinski definition) is 1. The molecule has 6 nitrogen and oxygen atoms in total. The number of amides is 2. The van der Waals surface area contributed by atoms with Crippen LogP contribution in [0.5, 0.6) is 5.75 Å². The quantitative estimate of drug-likeness (QED) is 0.751. The van der Waals surface area contributed by atoms with Gasteiger partial charge in [0.05, 0.1) is 12.6 Å². The number of ether oxygens (including phenoxy) is 1. The van der Waals surface area contributed by atoms with E-state index < -0.39 is 25.2 Å². The Labute approximate surface area is 147 Å². The van der Waals surface area contributed by atoms with E-state index in [1.807, 2.05) is 0 Å². The van der Waals surface area contributed by atoms with Crippen molar-refractivity contribution in [2.24, 2.45) is 0 Å². The van der Waals surface area contributed by atoms with E-state index in [1.54, 1.807) is 19.1 Å². The number of carbonyl (C=O) groups is 1. The van der Waals surface area contributed by atoms with Gasteiger partial charge in [-0.1, -0.05) is 12.1 Å². The molecular weight excluding hydrogens is 356 g/mol. The Morgan fingerprint density at radius 1 is 1.27 bits per heavy atom. The maximum absolute atomic E-state index is 12.8. The normalized spacial score (nSPS) is 12.3. The first-order valence-electron chi connectivity index (χ1n) is 7.64. The van der Waals surface area contributed by atoms with Crippen molar-refractivity contribution in [3.63, 3.8) is 0 Å². The molecule has 1 aromatic carbocycles. The summed E-state index contributed by atoms with van der Waals surface area (Å²) in [5.41, 5.74) is 0.669. The van der Waals surface area contributed by atoms with Gasteiger partial charge in [0.1, 0.15) is 11.6 Å². The monoisotopic (exact) mass is 374 g/mol. The van der Waals surface area contributed by atoms with Gasteiger partial charge in [-0.3, -0.25) is 4.57 Å². The third-order valence-electron chi connectivity index (χ3n) is 3.63.